The van der Waals surface area contributed by atoms with Gasteiger partial charge in [0.25, 0.3) is 5.91 Å². The van der Waals surface area contributed by atoms with Crippen molar-refractivity contribution in [2.45, 2.75) is 33.8 Å². The van der Waals surface area contributed by atoms with Crippen molar-refractivity contribution in [2.24, 2.45) is 0 Å². The first kappa shape index (κ1) is 21.4. The molecule has 0 saturated carbocycles. The second-order valence-corrected chi connectivity index (χ2v) is 7.31. The van der Waals surface area contributed by atoms with E-state index in [9.17, 15) is 9.59 Å². The number of carbonyl (C=O) groups is 2. The molecule has 1 atom stereocenters. The molecule has 28 heavy (non-hydrogen) atoms. The van der Waals surface area contributed by atoms with Gasteiger partial charge in [0.15, 0.2) is 6.10 Å². The number of likely N-dealkylation sites (N-methyl/N-ethyl adjacent to an activating group) is 1. The zero-order valence-electron chi connectivity index (χ0n) is 17.4. The lowest BCUT2D eigenvalue weighted by Crippen LogP contribution is -2.30. The van der Waals surface area contributed by atoms with Gasteiger partial charge < -0.3 is 20.3 Å². The summed E-state index contributed by atoms with van der Waals surface area (Å²) in [4.78, 5) is 26.2. The Bertz CT molecular complexity index is 862. The van der Waals surface area contributed by atoms with Gasteiger partial charge in [0.2, 0.25) is 5.91 Å². The molecule has 0 aliphatic rings. The first-order valence-corrected chi connectivity index (χ1v) is 9.25. The van der Waals surface area contributed by atoms with E-state index in [0.29, 0.717) is 18.0 Å². The molecule has 2 aromatic carbocycles. The van der Waals surface area contributed by atoms with E-state index in [1.807, 2.05) is 59.1 Å². The largest absolute Gasteiger partial charge is 0.481 e. The van der Waals surface area contributed by atoms with Crippen molar-refractivity contribution in [3.8, 4) is 5.75 Å². The monoisotopic (exact) mass is 383 g/mol. The maximum absolute atomic E-state index is 12.5. The zero-order chi connectivity index (χ0) is 20.8. The molecule has 0 saturated heterocycles. The van der Waals surface area contributed by atoms with Crippen LogP contribution < -0.4 is 15.4 Å². The molecular weight excluding hydrogens is 354 g/mol. The van der Waals surface area contributed by atoms with Gasteiger partial charge in [-0.2, -0.15) is 0 Å². The minimum Gasteiger partial charge on any atom is -0.481 e. The molecule has 2 rings (SSSR count). The molecule has 0 heterocycles. The SMILES string of the molecule is Cc1ccc(OC(C)C(=O)Nc2ccc(NC(=O)CN(C)C)c(C)c2)cc1C. The number of rotatable bonds is 7. The van der Waals surface area contributed by atoms with E-state index in [1.54, 1.807) is 24.0 Å². The minimum atomic E-state index is -0.637. The quantitative estimate of drug-likeness (QED) is 0.767. The van der Waals surface area contributed by atoms with Gasteiger partial charge >= 0.3 is 0 Å². The molecule has 150 valence electrons. The van der Waals surface area contributed by atoms with Crippen molar-refractivity contribution >= 4 is 23.2 Å². The molecule has 0 fully saturated rings. The van der Waals surface area contributed by atoms with Crippen molar-refractivity contribution in [2.75, 3.05) is 31.3 Å². The van der Waals surface area contributed by atoms with Crippen LogP contribution in [-0.4, -0.2) is 43.5 Å². The van der Waals surface area contributed by atoms with Gasteiger partial charge in [0, 0.05) is 11.4 Å². The summed E-state index contributed by atoms with van der Waals surface area (Å²) in [5.74, 6) is 0.350. The lowest BCUT2D eigenvalue weighted by molar-refractivity contribution is -0.122. The molecule has 0 aliphatic heterocycles. The predicted octanol–water partition coefficient (Wildman–Crippen LogP) is 3.52. The summed E-state index contributed by atoms with van der Waals surface area (Å²) in [6.07, 6.45) is -0.637. The van der Waals surface area contributed by atoms with Gasteiger partial charge in [-0.05, 0) is 88.8 Å². The number of carbonyl (C=O) groups excluding carboxylic acids is 2. The van der Waals surface area contributed by atoms with Crippen LogP contribution in [0.4, 0.5) is 11.4 Å². The van der Waals surface area contributed by atoms with Crippen molar-refractivity contribution < 1.29 is 14.3 Å². The topological polar surface area (TPSA) is 70.7 Å². The molecule has 0 aromatic heterocycles. The van der Waals surface area contributed by atoms with Crippen LogP contribution in [0.1, 0.15) is 23.6 Å². The normalized spacial score (nSPS) is 11.8. The maximum Gasteiger partial charge on any atom is 0.265 e. The Morgan fingerprint density at radius 1 is 0.964 bits per heavy atom. The Kier molecular flexibility index (Phi) is 7.18. The van der Waals surface area contributed by atoms with Gasteiger partial charge in [-0.15, -0.1) is 0 Å². The van der Waals surface area contributed by atoms with Gasteiger partial charge in [-0.1, -0.05) is 6.07 Å². The lowest BCUT2D eigenvalue weighted by Gasteiger charge is -2.17. The molecule has 0 spiro atoms. The lowest BCUT2D eigenvalue weighted by atomic mass is 10.1. The number of anilines is 2. The van der Waals surface area contributed by atoms with Gasteiger partial charge in [0.1, 0.15) is 5.75 Å². The highest BCUT2D eigenvalue weighted by Crippen LogP contribution is 2.21. The fraction of sp³-hybridized carbons (Fsp3) is 0.364. The number of aryl methyl sites for hydroxylation is 3. The van der Waals surface area contributed by atoms with E-state index < -0.39 is 6.10 Å². The van der Waals surface area contributed by atoms with Crippen LogP contribution in [0.25, 0.3) is 0 Å². The van der Waals surface area contributed by atoms with Crippen molar-refractivity contribution in [1.82, 2.24) is 4.90 Å². The molecule has 6 heteroatoms. The standard InChI is InChI=1S/C22H29N3O3/c1-14-7-9-19(12-15(14)2)28-17(4)22(27)23-18-8-10-20(16(3)11-18)24-21(26)13-25(5)6/h7-12,17H,13H2,1-6H3,(H,23,27)(H,24,26). The van der Waals surface area contributed by atoms with E-state index in [-0.39, 0.29) is 11.8 Å². The predicted molar refractivity (Wildman–Crippen MR) is 113 cm³/mol. The van der Waals surface area contributed by atoms with Gasteiger partial charge in [0.05, 0.1) is 6.54 Å². The van der Waals surface area contributed by atoms with Crippen LogP contribution >= 0.6 is 0 Å². The van der Waals surface area contributed by atoms with Crippen LogP contribution in [0.15, 0.2) is 36.4 Å². The fourth-order valence-corrected chi connectivity index (χ4v) is 2.65. The molecule has 2 amide bonds. The number of ether oxygens (including phenoxy) is 1. The second kappa shape index (κ2) is 9.37. The minimum absolute atomic E-state index is 0.0831. The number of nitrogens with one attached hydrogen (secondary N) is 2. The molecular formula is C22H29N3O3. The van der Waals surface area contributed by atoms with Crippen molar-refractivity contribution in [3.05, 3.63) is 53.1 Å². The van der Waals surface area contributed by atoms with Gasteiger partial charge in [-0.25, -0.2) is 0 Å². The molecule has 1 unspecified atom stereocenters. The third-order valence-electron chi connectivity index (χ3n) is 4.39. The number of hydrogen-bond acceptors (Lipinski definition) is 4. The Labute approximate surface area is 166 Å². The number of amides is 2. The summed E-state index contributed by atoms with van der Waals surface area (Å²) in [6, 6.07) is 11.1. The number of benzene rings is 2. The van der Waals surface area contributed by atoms with Crippen molar-refractivity contribution in [1.29, 1.82) is 0 Å². The Morgan fingerprint density at radius 3 is 2.29 bits per heavy atom. The van der Waals surface area contributed by atoms with E-state index in [4.69, 9.17) is 4.74 Å². The second-order valence-electron chi connectivity index (χ2n) is 7.31. The van der Waals surface area contributed by atoms with Crippen LogP contribution in [0.5, 0.6) is 5.75 Å². The highest BCUT2D eigenvalue weighted by atomic mass is 16.5. The maximum atomic E-state index is 12.5. The summed E-state index contributed by atoms with van der Waals surface area (Å²) in [5, 5.41) is 5.73. The van der Waals surface area contributed by atoms with Gasteiger partial charge in [-0.3, -0.25) is 9.59 Å². The van der Waals surface area contributed by atoms with E-state index >= 15 is 0 Å². The molecule has 0 bridgehead atoms. The fourth-order valence-electron chi connectivity index (χ4n) is 2.65. The average Bonchev–Trinajstić information content (AvgIpc) is 2.59. The summed E-state index contributed by atoms with van der Waals surface area (Å²) < 4.78 is 5.75. The third-order valence-corrected chi connectivity index (χ3v) is 4.39. The Morgan fingerprint density at radius 2 is 1.68 bits per heavy atom. The number of nitrogens with zero attached hydrogens (tertiary/aromatic N) is 1. The average molecular weight is 383 g/mol. The molecule has 0 radical (unpaired) electrons. The molecule has 2 aromatic rings. The summed E-state index contributed by atoms with van der Waals surface area (Å²) in [6.45, 7) is 7.95. The molecule has 6 nitrogen and oxygen atoms in total. The van der Waals surface area contributed by atoms with Crippen LogP contribution in [-0.2, 0) is 9.59 Å². The smallest absolute Gasteiger partial charge is 0.265 e. The Hall–Kier alpha value is -2.86. The summed E-state index contributed by atoms with van der Waals surface area (Å²) >= 11 is 0. The zero-order valence-corrected chi connectivity index (χ0v) is 17.4. The number of hydrogen-bond donors (Lipinski definition) is 2. The first-order valence-electron chi connectivity index (χ1n) is 9.25. The van der Waals surface area contributed by atoms with E-state index in [1.165, 1.54) is 5.56 Å². The van der Waals surface area contributed by atoms with Crippen molar-refractivity contribution in [3.63, 3.8) is 0 Å². The summed E-state index contributed by atoms with van der Waals surface area (Å²) in [7, 11) is 3.68. The van der Waals surface area contributed by atoms with E-state index in [2.05, 4.69) is 10.6 Å². The Balaban J connectivity index is 1.98. The van der Waals surface area contributed by atoms with Crippen LogP contribution in [0, 0.1) is 20.8 Å². The van der Waals surface area contributed by atoms with Crippen LogP contribution in [0.3, 0.4) is 0 Å². The third kappa shape index (κ3) is 6.09. The van der Waals surface area contributed by atoms with E-state index in [0.717, 1.165) is 16.8 Å². The molecule has 2 N–H and O–H groups in total. The first-order chi connectivity index (χ1) is 13.2. The summed E-state index contributed by atoms with van der Waals surface area (Å²) in [5.41, 5.74) is 4.55. The molecule has 0 aliphatic carbocycles. The highest BCUT2D eigenvalue weighted by molar-refractivity contribution is 5.96. The highest BCUT2D eigenvalue weighted by Gasteiger charge is 2.16. The van der Waals surface area contributed by atoms with Crippen LogP contribution in [0.2, 0.25) is 0 Å².